The van der Waals surface area contributed by atoms with Crippen LogP contribution in [0.1, 0.15) is 32.8 Å². The quantitative estimate of drug-likeness (QED) is 0.798. The van der Waals surface area contributed by atoms with Crippen LogP contribution in [0.25, 0.3) is 0 Å². The third kappa shape index (κ3) is 3.62. The molecule has 0 aliphatic carbocycles. The highest BCUT2D eigenvalue weighted by molar-refractivity contribution is 5.14. The smallest absolute Gasteiger partial charge is 0.0238 e. The van der Waals surface area contributed by atoms with Crippen molar-refractivity contribution in [2.75, 3.05) is 13.1 Å². The van der Waals surface area contributed by atoms with E-state index in [1.165, 1.54) is 5.56 Å². The molecule has 0 heterocycles. The van der Waals surface area contributed by atoms with Gasteiger partial charge < -0.3 is 5.73 Å². The van der Waals surface area contributed by atoms with Crippen LogP contribution in [0.4, 0.5) is 0 Å². The first-order valence-electron chi connectivity index (χ1n) is 6.09. The predicted octanol–water partition coefficient (Wildman–Crippen LogP) is 2.64. The van der Waals surface area contributed by atoms with Crippen molar-refractivity contribution in [2.24, 2.45) is 5.73 Å². The normalized spacial score (nSPS) is 12.1. The molecule has 0 fully saturated rings. The summed E-state index contributed by atoms with van der Waals surface area (Å²) in [7, 11) is 0. The van der Waals surface area contributed by atoms with E-state index < -0.39 is 0 Å². The first kappa shape index (κ1) is 13.2. The molecule has 0 radical (unpaired) electrons. The van der Waals surface area contributed by atoms with Crippen molar-refractivity contribution in [3.05, 3.63) is 35.9 Å². The Bertz CT molecular complexity index is 293. The van der Waals surface area contributed by atoms with Crippen molar-refractivity contribution >= 4 is 0 Å². The molecule has 90 valence electrons. The second kappa shape index (κ2) is 6.02. The topological polar surface area (TPSA) is 29.3 Å². The minimum absolute atomic E-state index is 0.180. The number of nitrogens with zero attached hydrogens (tertiary/aromatic N) is 1. The van der Waals surface area contributed by atoms with Crippen LogP contribution in [-0.2, 0) is 6.54 Å². The number of nitrogens with two attached hydrogens (primary N) is 1. The van der Waals surface area contributed by atoms with E-state index >= 15 is 0 Å². The van der Waals surface area contributed by atoms with Gasteiger partial charge in [-0.05, 0) is 38.9 Å². The van der Waals surface area contributed by atoms with Gasteiger partial charge in [-0.2, -0.15) is 0 Å². The second-order valence-electron chi connectivity index (χ2n) is 4.85. The first-order valence-corrected chi connectivity index (χ1v) is 6.09. The van der Waals surface area contributed by atoms with E-state index in [4.69, 9.17) is 5.73 Å². The number of hydrogen-bond donors (Lipinski definition) is 1. The average Bonchev–Trinajstić information content (AvgIpc) is 2.27. The molecule has 0 unspecified atom stereocenters. The monoisotopic (exact) mass is 220 g/mol. The Balaban J connectivity index is 2.69. The highest BCUT2D eigenvalue weighted by atomic mass is 15.2. The van der Waals surface area contributed by atoms with Gasteiger partial charge in [0, 0.05) is 12.1 Å². The maximum absolute atomic E-state index is 5.67. The van der Waals surface area contributed by atoms with Crippen LogP contribution >= 0.6 is 0 Å². The Labute approximate surface area is 99.5 Å². The summed E-state index contributed by atoms with van der Waals surface area (Å²) in [6.07, 6.45) is 1.04. The molecular weight excluding hydrogens is 196 g/mol. The zero-order valence-electron chi connectivity index (χ0n) is 10.7. The maximum atomic E-state index is 5.67. The second-order valence-corrected chi connectivity index (χ2v) is 4.85. The van der Waals surface area contributed by atoms with Gasteiger partial charge in [-0.25, -0.2) is 0 Å². The molecule has 0 spiro atoms. The summed E-state index contributed by atoms with van der Waals surface area (Å²) in [6, 6.07) is 10.6. The largest absolute Gasteiger partial charge is 0.330 e. The van der Waals surface area contributed by atoms with E-state index in [1.807, 2.05) is 0 Å². The van der Waals surface area contributed by atoms with Gasteiger partial charge in [0.15, 0.2) is 0 Å². The van der Waals surface area contributed by atoms with Gasteiger partial charge in [0.25, 0.3) is 0 Å². The molecule has 0 saturated heterocycles. The van der Waals surface area contributed by atoms with Crippen LogP contribution < -0.4 is 5.73 Å². The molecular formula is C14H24N2. The lowest BCUT2D eigenvalue weighted by molar-refractivity contribution is 0.112. The van der Waals surface area contributed by atoms with Crippen molar-refractivity contribution in [3.8, 4) is 0 Å². The first-order chi connectivity index (χ1) is 7.60. The Morgan fingerprint density at radius 3 is 2.31 bits per heavy atom. The number of benzene rings is 1. The third-order valence-corrected chi connectivity index (χ3v) is 3.21. The van der Waals surface area contributed by atoms with Gasteiger partial charge in [0.2, 0.25) is 0 Å². The lowest BCUT2D eigenvalue weighted by Crippen LogP contribution is -2.44. The standard InChI is InChI=1S/C14H24N2/c1-4-16(14(2,3)10-11-15)12-13-8-6-5-7-9-13/h5-9H,4,10-12,15H2,1-3H3. The van der Waals surface area contributed by atoms with E-state index in [0.717, 1.165) is 26.1 Å². The predicted molar refractivity (Wildman–Crippen MR) is 70.3 cm³/mol. The fourth-order valence-electron chi connectivity index (χ4n) is 2.07. The van der Waals surface area contributed by atoms with Crippen molar-refractivity contribution in [3.63, 3.8) is 0 Å². The van der Waals surface area contributed by atoms with Crippen LogP contribution in [-0.4, -0.2) is 23.5 Å². The molecule has 0 saturated carbocycles. The van der Waals surface area contributed by atoms with E-state index in [0.29, 0.717) is 0 Å². The van der Waals surface area contributed by atoms with E-state index in [-0.39, 0.29) is 5.54 Å². The van der Waals surface area contributed by atoms with Crippen molar-refractivity contribution in [1.29, 1.82) is 0 Å². The fraction of sp³-hybridized carbons (Fsp3) is 0.571. The highest BCUT2D eigenvalue weighted by Crippen LogP contribution is 2.20. The molecule has 1 rings (SSSR count). The summed E-state index contributed by atoms with van der Waals surface area (Å²) in [5.74, 6) is 0. The van der Waals surface area contributed by atoms with Gasteiger partial charge in [-0.3, -0.25) is 4.90 Å². The number of rotatable bonds is 6. The lowest BCUT2D eigenvalue weighted by atomic mass is 9.97. The molecule has 2 nitrogen and oxygen atoms in total. The molecule has 2 N–H and O–H groups in total. The molecule has 0 aliphatic rings. The fourth-order valence-corrected chi connectivity index (χ4v) is 2.07. The molecule has 0 atom stereocenters. The van der Waals surface area contributed by atoms with Gasteiger partial charge in [0.05, 0.1) is 0 Å². The summed E-state index contributed by atoms with van der Waals surface area (Å²) in [5, 5.41) is 0. The van der Waals surface area contributed by atoms with Crippen LogP contribution in [0.3, 0.4) is 0 Å². The van der Waals surface area contributed by atoms with Crippen LogP contribution in [0.5, 0.6) is 0 Å². The Morgan fingerprint density at radius 2 is 1.81 bits per heavy atom. The Hall–Kier alpha value is -0.860. The minimum atomic E-state index is 0.180. The molecule has 0 amide bonds. The SMILES string of the molecule is CCN(Cc1ccccc1)C(C)(C)CCN. The summed E-state index contributed by atoms with van der Waals surface area (Å²) >= 11 is 0. The molecule has 1 aromatic carbocycles. The molecule has 0 aromatic heterocycles. The summed E-state index contributed by atoms with van der Waals surface area (Å²) < 4.78 is 0. The average molecular weight is 220 g/mol. The Morgan fingerprint density at radius 1 is 1.19 bits per heavy atom. The van der Waals surface area contributed by atoms with Gasteiger partial charge >= 0.3 is 0 Å². The third-order valence-electron chi connectivity index (χ3n) is 3.21. The highest BCUT2D eigenvalue weighted by Gasteiger charge is 2.24. The summed E-state index contributed by atoms with van der Waals surface area (Å²) in [6.45, 7) is 9.56. The van der Waals surface area contributed by atoms with Crippen molar-refractivity contribution in [1.82, 2.24) is 4.90 Å². The molecule has 1 aromatic rings. The van der Waals surface area contributed by atoms with Crippen LogP contribution in [0.2, 0.25) is 0 Å². The van der Waals surface area contributed by atoms with Crippen molar-refractivity contribution in [2.45, 2.75) is 39.3 Å². The van der Waals surface area contributed by atoms with Crippen LogP contribution in [0.15, 0.2) is 30.3 Å². The number of hydrogen-bond acceptors (Lipinski definition) is 2. The van der Waals surface area contributed by atoms with Gasteiger partial charge in [0.1, 0.15) is 0 Å². The van der Waals surface area contributed by atoms with Gasteiger partial charge in [-0.1, -0.05) is 37.3 Å². The molecule has 0 bridgehead atoms. The molecule has 0 aliphatic heterocycles. The molecule has 2 heteroatoms. The van der Waals surface area contributed by atoms with Crippen molar-refractivity contribution < 1.29 is 0 Å². The summed E-state index contributed by atoms with van der Waals surface area (Å²) in [5.41, 5.74) is 7.22. The maximum Gasteiger partial charge on any atom is 0.0238 e. The Kier molecular flexibility index (Phi) is 4.97. The van der Waals surface area contributed by atoms with Crippen LogP contribution in [0, 0.1) is 0 Å². The minimum Gasteiger partial charge on any atom is -0.330 e. The summed E-state index contributed by atoms with van der Waals surface area (Å²) in [4.78, 5) is 2.48. The van der Waals surface area contributed by atoms with E-state index in [2.05, 4.69) is 56.0 Å². The lowest BCUT2D eigenvalue weighted by Gasteiger charge is -2.38. The zero-order chi connectivity index (χ0) is 12.0. The van der Waals surface area contributed by atoms with E-state index in [9.17, 15) is 0 Å². The molecule has 16 heavy (non-hydrogen) atoms. The van der Waals surface area contributed by atoms with E-state index in [1.54, 1.807) is 0 Å². The zero-order valence-corrected chi connectivity index (χ0v) is 10.7. The van der Waals surface area contributed by atoms with Gasteiger partial charge in [-0.15, -0.1) is 0 Å².